The number of aliphatic imine (C=N–C) groups is 1. The number of carbonyl (C=O) groups is 1. The minimum absolute atomic E-state index is 0.0991. The minimum Gasteiger partial charge on any atom is -0.322 e. The molecule has 1 heterocycles. The summed E-state index contributed by atoms with van der Waals surface area (Å²) < 4.78 is 27.2. The lowest BCUT2D eigenvalue weighted by Crippen LogP contribution is -2.29. The van der Waals surface area contributed by atoms with Gasteiger partial charge in [-0.05, 0) is 38.0 Å². The molecule has 7 heteroatoms. The monoisotopic (exact) mass is 335 g/mol. The molecule has 23 heavy (non-hydrogen) atoms. The van der Waals surface area contributed by atoms with Gasteiger partial charge in [0, 0.05) is 24.2 Å². The van der Waals surface area contributed by atoms with E-state index in [0.29, 0.717) is 30.1 Å². The standard InChI is InChI=1S/C16H21N3O3S/c1-3-6-12(2)16(20)18-13-7-4-8-14(11-13)23(21,22)19-15-9-5-10-17-15/h4,6-8,11H,3,5,9-10H2,1-2H3,(H,17,19)(H,18,20). The number of amidine groups is 1. The Morgan fingerprint density at radius 3 is 2.83 bits per heavy atom. The quantitative estimate of drug-likeness (QED) is 0.810. The van der Waals surface area contributed by atoms with Crippen LogP contribution in [-0.4, -0.2) is 26.7 Å². The second-order valence-corrected chi connectivity index (χ2v) is 7.00. The van der Waals surface area contributed by atoms with Gasteiger partial charge in [-0.25, -0.2) is 8.42 Å². The van der Waals surface area contributed by atoms with Gasteiger partial charge in [0.25, 0.3) is 15.9 Å². The zero-order valence-corrected chi connectivity index (χ0v) is 14.1. The first-order valence-electron chi connectivity index (χ1n) is 7.56. The van der Waals surface area contributed by atoms with Crippen molar-refractivity contribution in [1.29, 1.82) is 0 Å². The summed E-state index contributed by atoms with van der Waals surface area (Å²) in [5.41, 5.74) is 1.04. The van der Waals surface area contributed by atoms with Gasteiger partial charge < -0.3 is 5.32 Å². The highest BCUT2D eigenvalue weighted by atomic mass is 32.2. The number of hydrogen-bond donors (Lipinski definition) is 2. The van der Waals surface area contributed by atoms with Crippen molar-refractivity contribution in [2.75, 3.05) is 11.9 Å². The molecule has 1 aromatic carbocycles. The first-order chi connectivity index (χ1) is 10.9. The van der Waals surface area contributed by atoms with Crippen molar-refractivity contribution in [3.8, 4) is 0 Å². The number of nitrogens with one attached hydrogen (secondary N) is 2. The van der Waals surface area contributed by atoms with E-state index in [1.165, 1.54) is 12.1 Å². The Hall–Kier alpha value is -2.15. The highest BCUT2D eigenvalue weighted by Crippen LogP contribution is 2.17. The Kier molecular flexibility index (Phi) is 5.54. The molecule has 124 valence electrons. The molecule has 0 saturated heterocycles. The van der Waals surface area contributed by atoms with E-state index in [9.17, 15) is 13.2 Å². The molecular formula is C16H21N3O3S. The van der Waals surface area contributed by atoms with E-state index in [1.54, 1.807) is 19.1 Å². The van der Waals surface area contributed by atoms with Crippen molar-refractivity contribution in [2.45, 2.75) is 38.0 Å². The third-order valence-electron chi connectivity index (χ3n) is 3.40. The van der Waals surface area contributed by atoms with Gasteiger partial charge in [0.1, 0.15) is 5.84 Å². The van der Waals surface area contributed by atoms with Crippen LogP contribution in [0.2, 0.25) is 0 Å². The second kappa shape index (κ2) is 7.41. The van der Waals surface area contributed by atoms with E-state index in [4.69, 9.17) is 0 Å². The molecule has 2 N–H and O–H groups in total. The van der Waals surface area contributed by atoms with Crippen LogP contribution in [0.1, 0.15) is 33.1 Å². The Labute approximate surface area is 136 Å². The Bertz CT molecular complexity index is 752. The molecule has 0 unspecified atom stereocenters. The van der Waals surface area contributed by atoms with Crippen molar-refractivity contribution >= 4 is 27.5 Å². The number of carbonyl (C=O) groups excluding carboxylic acids is 1. The lowest BCUT2D eigenvalue weighted by Gasteiger charge is -2.10. The van der Waals surface area contributed by atoms with Gasteiger partial charge in [-0.1, -0.05) is 19.1 Å². The number of allylic oxidation sites excluding steroid dienone is 1. The van der Waals surface area contributed by atoms with E-state index < -0.39 is 10.0 Å². The van der Waals surface area contributed by atoms with Crippen molar-refractivity contribution in [3.63, 3.8) is 0 Å². The normalized spacial score (nSPS) is 15.2. The van der Waals surface area contributed by atoms with Crippen molar-refractivity contribution in [1.82, 2.24) is 4.72 Å². The minimum atomic E-state index is -3.68. The fraction of sp³-hybridized carbons (Fsp3) is 0.375. The van der Waals surface area contributed by atoms with Crippen LogP contribution >= 0.6 is 0 Å². The number of amides is 1. The predicted molar refractivity (Wildman–Crippen MR) is 91.0 cm³/mol. The highest BCUT2D eigenvalue weighted by molar-refractivity contribution is 7.90. The summed E-state index contributed by atoms with van der Waals surface area (Å²) in [7, 11) is -3.68. The van der Waals surface area contributed by atoms with Gasteiger partial charge in [-0.15, -0.1) is 0 Å². The van der Waals surface area contributed by atoms with Crippen molar-refractivity contribution < 1.29 is 13.2 Å². The molecule has 0 bridgehead atoms. The molecule has 0 aliphatic carbocycles. The number of anilines is 1. The van der Waals surface area contributed by atoms with Gasteiger partial charge in [-0.2, -0.15) is 0 Å². The molecule has 0 radical (unpaired) electrons. The highest BCUT2D eigenvalue weighted by Gasteiger charge is 2.18. The number of hydrogen-bond acceptors (Lipinski definition) is 4. The van der Waals surface area contributed by atoms with Gasteiger partial charge in [0.2, 0.25) is 0 Å². The lowest BCUT2D eigenvalue weighted by atomic mass is 10.2. The summed E-state index contributed by atoms with van der Waals surface area (Å²) in [6.45, 7) is 4.32. The average Bonchev–Trinajstić information content (AvgIpc) is 3.00. The maximum Gasteiger partial charge on any atom is 0.262 e. The smallest absolute Gasteiger partial charge is 0.262 e. The summed E-state index contributed by atoms with van der Waals surface area (Å²) >= 11 is 0. The zero-order valence-electron chi connectivity index (χ0n) is 13.3. The molecule has 1 aromatic rings. The van der Waals surface area contributed by atoms with E-state index in [-0.39, 0.29) is 10.8 Å². The molecule has 0 saturated carbocycles. The van der Waals surface area contributed by atoms with Crippen LogP contribution in [-0.2, 0) is 14.8 Å². The third-order valence-corrected chi connectivity index (χ3v) is 4.78. The van der Waals surface area contributed by atoms with Gasteiger partial charge in [0.05, 0.1) is 4.90 Å². The molecule has 6 nitrogen and oxygen atoms in total. The van der Waals surface area contributed by atoms with E-state index in [2.05, 4.69) is 15.0 Å². The SMILES string of the molecule is CCC=C(C)C(=O)Nc1cccc(S(=O)(=O)NC2=NCCC2)c1. The van der Waals surface area contributed by atoms with E-state index >= 15 is 0 Å². The molecule has 2 rings (SSSR count). The molecule has 0 spiro atoms. The van der Waals surface area contributed by atoms with Crippen LogP contribution in [0.15, 0.2) is 45.8 Å². The molecule has 0 atom stereocenters. The summed E-state index contributed by atoms with van der Waals surface area (Å²) in [5, 5.41) is 2.70. The third kappa shape index (κ3) is 4.66. The molecule has 1 aliphatic rings. The van der Waals surface area contributed by atoms with Crippen molar-refractivity contribution in [3.05, 3.63) is 35.9 Å². The molecule has 1 aliphatic heterocycles. The molecule has 0 fully saturated rings. The van der Waals surface area contributed by atoms with Crippen LogP contribution < -0.4 is 10.0 Å². The molecule has 1 amide bonds. The van der Waals surface area contributed by atoms with Gasteiger partial charge in [-0.3, -0.25) is 14.5 Å². The van der Waals surface area contributed by atoms with Crippen molar-refractivity contribution in [2.24, 2.45) is 4.99 Å². The Morgan fingerprint density at radius 1 is 1.39 bits per heavy atom. The van der Waals surface area contributed by atoms with Gasteiger partial charge in [0.15, 0.2) is 0 Å². The Balaban J connectivity index is 2.16. The predicted octanol–water partition coefficient (Wildman–Crippen LogP) is 2.45. The summed E-state index contributed by atoms with van der Waals surface area (Å²) in [5.74, 6) is 0.246. The maximum atomic E-state index is 12.3. The second-order valence-electron chi connectivity index (χ2n) is 5.31. The Morgan fingerprint density at radius 2 is 2.17 bits per heavy atom. The fourth-order valence-corrected chi connectivity index (χ4v) is 3.34. The number of sulfonamides is 1. The van der Waals surface area contributed by atoms with E-state index in [1.807, 2.05) is 13.0 Å². The largest absolute Gasteiger partial charge is 0.322 e. The lowest BCUT2D eigenvalue weighted by molar-refractivity contribution is -0.112. The van der Waals surface area contributed by atoms with Crippen LogP contribution in [0.3, 0.4) is 0 Å². The van der Waals surface area contributed by atoms with Gasteiger partial charge >= 0.3 is 0 Å². The number of benzene rings is 1. The first kappa shape index (κ1) is 17.2. The summed E-state index contributed by atoms with van der Waals surface area (Å²) in [6.07, 6.45) is 4.07. The number of nitrogens with zero attached hydrogens (tertiary/aromatic N) is 1. The fourth-order valence-electron chi connectivity index (χ4n) is 2.21. The summed E-state index contributed by atoms with van der Waals surface area (Å²) in [4.78, 5) is 16.2. The molecular weight excluding hydrogens is 314 g/mol. The van der Waals surface area contributed by atoms with Crippen LogP contribution in [0, 0.1) is 0 Å². The van der Waals surface area contributed by atoms with Crippen LogP contribution in [0.25, 0.3) is 0 Å². The average molecular weight is 335 g/mol. The van der Waals surface area contributed by atoms with E-state index in [0.717, 1.165) is 12.8 Å². The molecule has 0 aromatic heterocycles. The summed E-state index contributed by atoms with van der Waals surface area (Å²) in [6, 6.07) is 6.18. The topological polar surface area (TPSA) is 87.6 Å². The zero-order chi connectivity index (χ0) is 16.9. The first-order valence-corrected chi connectivity index (χ1v) is 9.05. The van der Waals surface area contributed by atoms with Crippen LogP contribution in [0.5, 0.6) is 0 Å². The number of rotatable bonds is 5. The van der Waals surface area contributed by atoms with Crippen LogP contribution in [0.4, 0.5) is 5.69 Å². The maximum absolute atomic E-state index is 12.3.